The highest BCUT2D eigenvalue weighted by atomic mass is 35.7. The largest absolute Gasteiger partial charge is 0.385 e. The molecule has 0 saturated carbocycles. The van der Waals surface area contributed by atoms with Gasteiger partial charge in [-0.25, -0.2) is 8.42 Å². The van der Waals surface area contributed by atoms with E-state index in [0.29, 0.717) is 38.1 Å². The molecule has 0 saturated heterocycles. The first-order chi connectivity index (χ1) is 9.41. The monoisotopic (exact) mass is 323 g/mol. The van der Waals surface area contributed by atoms with Gasteiger partial charge in [-0.1, -0.05) is 13.3 Å². The maximum absolute atomic E-state index is 11.9. The van der Waals surface area contributed by atoms with Crippen molar-refractivity contribution in [2.75, 3.05) is 20.3 Å². The molecule has 1 amide bonds. The van der Waals surface area contributed by atoms with Crippen LogP contribution in [0.4, 0.5) is 0 Å². The van der Waals surface area contributed by atoms with E-state index in [2.05, 4.69) is 15.5 Å². The lowest BCUT2D eigenvalue weighted by Crippen LogP contribution is -2.26. The Labute approximate surface area is 122 Å². The number of aromatic nitrogens is 2. The Bertz CT molecular complexity index is 556. The van der Waals surface area contributed by atoms with Crippen LogP contribution in [-0.4, -0.2) is 44.8 Å². The molecule has 0 radical (unpaired) electrons. The number of nitrogens with zero attached hydrogens (tertiary/aromatic N) is 1. The third kappa shape index (κ3) is 4.46. The lowest BCUT2D eigenvalue weighted by molar-refractivity contribution is 0.0940. The average Bonchev–Trinajstić information content (AvgIpc) is 2.78. The van der Waals surface area contributed by atoms with Gasteiger partial charge in [0.2, 0.25) is 0 Å². The number of aromatic amines is 1. The van der Waals surface area contributed by atoms with Crippen molar-refractivity contribution >= 4 is 25.6 Å². The lowest BCUT2D eigenvalue weighted by Gasteiger charge is -2.04. The molecule has 1 heterocycles. The first-order valence-corrected chi connectivity index (χ1v) is 8.51. The molecule has 7 nitrogen and oxygen atoms in total. The van der Waals surface area contributed by atoms with Crippen LogP contribution in [0.15, 0.2) is 4.90 Å². The number of carbonyl (C=O) groups is 1. The summed E-state index contributed by atoms with van der Waals surface area (Å²) in [6, 6.07) is 0. The minimum atomic E-state index is -4.03. The van der Waals surface area contributed by atoms with Crippen LogP contribution in [0.25, 0.3) is 0 Å². The number of hydrogen-bond acceptors (Lipinski definition) is 5. The van der Waals surface area contributed by atoms with Crippen LogP contribution in [0.5, 0.6) is 0 Å². The van der Waals surface area contributed by atoms with Crippen LogP contribution < -0.4 is 5.32 Å². The minimum absolute atomic E-state index is 0.194. The second-order valence-corrected chi connectivity index (χ2v) is 6.67. The average molecular weight is 324 g/mol. The predicted molar refractivity (Wildman–Crippen MR) is 74.4 cm³/mol. The van der Waals surface area contributed by atoms with Gasteiger partial charge in [0.1, 0.15) is 4.90 Å². The van der Waals surface area contributed by atoms with Crippen LogP contribution in [0.2, 0.25) is 0 Å². The predicted octanol–water partition coefficient (Wildman–Crippen LogP) is 1.06. The molecule has 0 atom stereocenters. The van der Waals surface area contributed by atoms with Gasteiger partial charge in [0.15, 0.2) is 5.69 Å². The Morgan fingerprint density at radius 1 is 1.50 bits per heavy atom. The maximum atomic E-state index is 11.9. The molecule has 20 heavy (non-hydrogen) atoms. The molecule has 0 aliphatic heterocycles. The maximum Gasteiger partial charge on any atom is 0.273 e. The number of methoxy groups -OCH3 is 1. The summed E-state index contributed by atoms with van der Waals surface area (Å²) in [4.78, 5) is 11.7. The summed E-state index contributed by atoms with van der Waals surface area (Å²) in [6.45, 7) is 2.75. The zero-order chi connectivity index (χ0) is 15.2. The highest BCUT2D eigenvalue weighted by Gasteiger charge is 2.27. The molecule has 0 spiro atoms. The molecule has 0 aliphatic rings. The van der Waals surface area contributed by atoms with E-state index in [0.717, 1.165) is 0 Å². The minimum Gasteiger partial charge on any atom is -0.385 e. The summed E-state index contributed by atoms with van der Waals surface area (Å²) in [5.41, 5.74) is 0.158. The van der Waals surface area contributed by atoms with Crippen LogP contribution in [0.3, 0.4) is 0 Å². The molecule has 0 aliphatic carbocycles. The van der Waals surface area contributed by atoms with Crippen molar-refractivity contribution in [2.24, 2.45) is 0 Å². The van der Waals surface area contributed by atoms with Gasteiger partial charge < -0.3 is 10.1 Å². The van der Waals surface area contributed by atoms with Crippen molar-refractivity contribution in [2.45, 2.75) is 31.1 Å². The summed E-state index contributed by atoms with van der Waals surface area (Å²) in [5, 5.41) is 8.91. The van der Waals surface area contributed by atoms with E-state index in [1.54, 1.807) is 7.11 Å². The Kier molecular flexibility index (Phi) is 6.44. The normalized spacial score (nSPS) is 11.6. The number of ether oxygens (including phenoxy) is 1. The summed E-state index contributed by atoms with van der Waals surface area (Å²) in [7, 11) is 2.92. The van der Waals surface area contributed by atoms with Gasteiger partial charge in [-0.15, -0.1) is 0 Å². The number of nitrogens with one attached hydrogen (secondary N) is 2. The van der Waals surface area contributed by atoms with Crippen molar-refractivity contribution in [3.63, 3.8) is 0 Å². The number of carbonyl (C=O) groups excluding carboxylic acids is 1. The zero-order valence-corrected chi connectivity index (χ0v) is 13.0. The fourth-order valence-corrected chi connectivity index (χ4v) is 3.02. The SMILES string of the molecule is CCCc1[nH]nc(C(=O)NCCCOC)c1S(=O)(=O)Cl. The van der Waals surface area contributed by atoms with E-state index in [1.807, 2.05) is 6.92 Å². The third-order valence-electron chi connectivity index (χ3n) is 2.56. The molecule has 2 N–H and O–H groups in total. The second kappa shape index (κ2) is 7.61. The van der Waals surface area contributed by atoms with Crippen LogP contribution in [0, 0.1) is 0 Å². The number of rotatable bonds is 8. The third-order valence-corrected chi connectivity index (χ3v) is 3.95. The fraction of sp³-hybridized carbons (Fsp3) is 0.636. The Morgan fingerprint density at radius 3 is 2.75 bits per heavy atom. The van der Waals surface area contributed by atoms with Gasteiger partial charge in [-0.3, -0.25) is 9.89 Å². The summed E-state index contributed by atoms with van der Waals surface area (Å²) in [6.07, 6.45) is 1.78. The standard InChI is InChI=1S/C11H18ClN3O4S/c1-3-5-8-10(20(12,17)18)9(15-14-8)11(16)13-6-4-7-19-2/h3-7H2,1-2H3,(H,13,16)(H,14,15). The summed E-state index contributed by atoms with van der Waals surface area (Å²) < 4.78 is 28.0. The molecule has 0 fully saturated rings. The van der Waals surface area contributed by atoms with E-state index < -0.39 is 15.0 Å². The van der Waals surface area contributed by atoms with Crippen molar-refractivity contribution in [3.8, 4) is 0 Å². The number of hydrogen-bond donors (Lipinski definition) is 2. The van der Waals surface area contributed by atoms with Gasteiger partial charge in [-0.2, -0.15) is 5.10 Å². The van der Waals surface area contributed by atoms with E-state index in [-0.39, 0.29) is 10.6 Å². The molecular weight excluding hydrogens is 306 g/mol. The Hall–Kier alpha value is -1.12. The molecule has 0 unspecified atom stereocenters. The van der Waals surface area contributed by atoms with Crippen LogP contribution in [-0.2, 0) is 20.2 Å². The Morgan fingerprint density at radius 2 is 2.20 bits per heavy atom. The van der Waals surface area contributed by atoms with Crippen molar-refractivity contribution < 1.29 is 17.9 Å². The number of amides is 1. The molecule has 1 rings (SSSR count). The Balaban J connectivity index is 2.92. The fourth-order valence-electron chi connectivity index (χ4n) is 1.71. The quantitative estimate of drug-likeness (QED) is 0.550. The van der Waals surface area contributed by atoms with Crippen molar-refractivity contribution in [1.82, 2.24) is 15.5 Å². The first kappa shape index (κ1) is 16.9. The lowest BCUT2D eigenvalue weighted by atomic mass is 10.2. The second-order valence-electron chi connectivity index (χ2n) is 4.17. The van der Waals surface area contributed by atoms with E-state index in [9.17, 15) is 13.2 Å². The van der Waals surface area contributed by atoms with Crippen LogP contribution >= 0.6 is 10.7 Å². The van der Waals surface area contributed by atoms with Gasteiger partial charge in [-0.05, 0) is 12.8 Å². The van der Waals surface area contributed by atoms with Crippen molar-refractivity contribution in [1.29, 1.82) is 0 Å². The molecule has 9 heteroatoms. The topological polar surface area (TPSA) is 101 Å². The smallest absolute Gasteiger partial charge is 0.273 e. The van der Waals surface area contributed by atoms with E-state index in [1.165, 1.54) is 0 Å². The van der Waals surface area contributed by atoms with Gasteiger partial charge in [0.05, 0.1) is 5.69 Å². The molecule has 1 aromatic rings. The number of aryl methyl sites for hydroxylation is 1. The first-order valence-electron chi connectivity index (χ1n) is 6.20. The van der Waals surface area contributed by atoms with Crippen molar-refractivity contribution in [3.05, 3.63) is 11.4 Å². The van der Waals surface area contributed by atoms with Gasteiger partial charge in [0, 0.05) is 30.9 Å². The molecule has 0 bridgehead atoms. The van der Waals surface area contributed by atoms with Gasteiger partial charge in [0.25, 0.3) is 15.0 Å². The zero-order valence-electron chi connectivity index (χ0n) is 11.4. The summed E-state index contributed by atoms with van der Waals surface area (Å²) >= 11 is 0. The molecule has 0 aromatic carbocycles. The van der Waals surface area contributed by atoms with Gasteiger partial charge >= 0.3 is 0 Å². The molecular formula is C11H18ClN3O4S. The highest BCUT2D eigenvalue weighted by Crippen LogP contribution is 2.23. The van der Waals surface area contributed by atoms with Crippen LogP contribution in [0.1, 0.15) is 35.9 Å². The number of halogens is 1. The summed E-state index contributed by atoms with van der Waals surface area (Å²) in [5.74, 6) is -0.570. The molecule has 1 aromatic heterocycles. The molecule has 114 valence electrons. The van der Waals surface area contributed by atoms with E-state index >= 15 is 0 Å². The van der Waals surface area contributed by atoms with E-state index in [4.69, 9.17) is 15.4 Å². The number of H-pyrrole nitrogens is 1. The highest BCUT2D eigenvalue weighted by molar-refractivity contribution is 8.13.